The molecule has 0 saturated carbocycles. The summed E-state index contributed by atoms with van der Waals surface area (Å²) in [5.74, 6) is 0. The minimum absolute atomic E-state index is 0.108. The van der Waals surface area contributed by atoms with E-state index in [-0.39, 0.29) is 15.5 Å². The van der Waals surface area contributed by atoms with E-state index in [0.717, 1.165) is 11.0 Å². The monoisotopic (exact) mass is 335 g/mol. The zero-order valence-electron chi connectivity index (χ0n) is 11.6. The van der Waals surface area contributed by atoms with E-state index in [4.69, 9.17) is 0 Å². The van der Waals surface area contributed by atoms with Crippen LogP contribution in [0, 0.1) is 6.92 Å². The van der Waals surface area contributed by atoms with Gasteiger partial charge in [0.25, 0.3) is 10.0 Å². The van der Waals surface area contributed by atoms with Crippen molar-refractivity contribution < 1.29 is 16.8 Å². The molecule has 1 aliphatic heterocycles. The summed E-state index contributed by atoms with van der Waals surface area (Å²) in [5, 5.41) is 1.11. The summed E-state index contributed by atoms with van der Waals surface area (Å²) in [6.07, 6.45) is 1.49. The Labute approximate surface area is 129 Å². The lowest BCUT2D eigenvalue weighted by Crippen LogP contribution is -2.13. The van der Waals surface area contributed by atoms with Crippen molar-refractivity contribution in [2.24, 2.45) is 0 Å². The number of aryl methyl sites for hydroxylation is 1. The predicted molar refractivity (Wildman–Crippen MR) is 84.6 cm³/mol. The van der Waals surface area contributed by atoms with Gasteiger partial charge >= 0.3 is 0 Å². The van der Waals surface area contributed by atoms with Crippen LogP contribution in [0.3, 0.4) is 0 Å². The summed E-state index contributed by atoms with van der Waals surface area (Å²) in [6.45, 7) is 1.86. The molecule has 0 aliphatic carbocycles. The Kier molecular flexibility index (Phi) is 3.34. The first kappa shape index (κ1) is 14.8. The molecule has 22 heavy (non-hydrogen) atoms. The number of hydrogen-bond donors (Lipinski definition) is 1. The van der Waals surface area contributed by atoms with Crippen LogP contribution in [0.15, 0.2) is 57.7 Å². The predicted octanol–water partition coefficient (Wildman–Crippen LogP) is 2.55. The Balaban J connectivity index is 1.96. The molecule has 0 unspecified atom stereocenters. The van der Waals surface area contributed by atoms with Crippen LogP contribution < -0.4 is 4.72 Å². The van der Waals surface area contributed by atoms with Crippen molar-refractivity contribution in [1.29, 1.82) is 0 Å². The molecule has 2 aromatic rings. The van der Waals surface area contributed by atoms with Crippen LogP contribution in [-0.2, 0) is 19.9 Å². The van der Waals surface area contributed by atoms with Crippen molar-refractivity contribution in [3.8, 4) is 0 Å². The van der Waals surface area contributed by atoms with Crippen LogP contribution in [0.2, 0.25) is 0 Å². The van der Waals surface area contributed by atoms with E-state index in [9.17, 15) is 16.8 Å². The van der Waals surface area contributed by atoms with Crippen LogP contribution in [-0.4, -0.2) is 16.8 Å². The molecule has 114 valence electrons. The number of sulfonamides is 1. The van der Waals surface area contributed by atoms with Gasteiger partial charge in [0.15, 0.2) is 0 Å². The van der Waals surface area contributed by atoms with Gasteiger partial charge in [-0.2, -0.15) is 0 Å². The quantitative estimate of drug-likeness (QED) is 0.935. The standard InChI is InChI=1S/C15H13NO4S2/c1-11-2-6-14(7-3-11)22(19,20)16-13-5-4-12-8-9-21(17,18)15(12)10-13/h2-10,16H,1H3. The third-order valence-corrected chi connectivity index (χ3v) is 6.19. The van der Waals surface area contributed by atoms with Crippen LogP contribution in [0.4, 0.5) is 5.69 Å². The van der Waals surface area contributed by atoms with Gasteiger partial charge in [-0.05, 0) is 42.8 Å². The Morgan fingerprint density at radius 2 is 1.68 bits per heavy atom. The smallest absolute Gasteiger partial charge is 0.261 e. The summed E-state index contributed by atoms with van der Waals surface area (Å²) in [4.78, 5) is 0.233. The van der Waals surface area contributed by atoms with Gasteiger partial charge < -0.3 is 0 Å². The molecule has 2 aromatic carbocycles. The van der Waals surface area contributed by atoms with E-state index in [1.54, 1.807) is 18.2 Å². The average molecular weight is 335 g/mol. The van der Waals surface area contributed by atoms with E-state index in [2.05, 4.69) is 4.72 Å². The summed E-state index contributed by atoms with van der Waals surface area (Å²) < 4.78 is 50.6. The maximum absolute atomic E-state index is 12.3. The van der Waals surface area contributed by atoms with Crippen molar-refractivity contribution in [3.63, 3.8) is 0 Å². The third kappa shape index (κ3) is 2.65. The Bertz CT molecular complexity index is 973. The summed E-state index contributed by atoms with van der Waals surface area (Å²) in [5.41, 5.74) is 1.72. The van der Waals surface area contributed by atoms with Crippen molar-refractivity contribution in [1.82, 2.24) is 0 Å². The van der Waals surface area contributed by atoms with Crippen molar-refractivity contribution in [2.75, 3.05) is 4.72 Å². The minimum Gasteiger partial charge on any atom is -0.280 e. The number of benzene rings is 2. The normalized spacial score (nSPS) is 15.5. The summed E-state index contributed by atoms with van der Waals surface area (Å²) >= 11 is 0. The van der Waals surface area contributed by atoms with Crippen LogP contribution >= 0.6 is 0 Å². The molecule has 0 saturated heterocycles. The highest BCUT2D eigenvalue weighted by Crippen LogP contribution is 2.30. The second-order valence-corrected chi connectivity index (χ2v) is 8.50. The first-order valence-electron chi connectivity index (χ1n) is 6.45. The van der Waals surface area contributed by atoms with Crippen LogP contribution in [0.1, 0.15) is 11.1 Å². The topological polar surface area (TPSA) is 80.3 Å². The molecule has 1 heterocycles. The van der Waals surface area contributed by atoms with Gasteiger partial charge in [0.05, 0.1) is 15.5 Å². The largest absolute Gasteiger partial charge is 0.280 e. The molecule has 5 nitrogen and oxygen atoms in total. The molecular weight excluding hydrogens is 322 g/mol. The van der Waals surface area contributed by atoms with Crippen molar-refractivity contribution >= 4 is 31.6 Å². The summed E-state index contributed by atoms with van der Waals surface area (Å²) in [6, 6.07) is 10.8. The molecule has 0 spiro atoms. The first-order chi connectivity index (χ1) is 10.3. The average Bonchev–Trinajstić information content (AvgIpc) is 2.75. The SMILES string of the molecule is Cc1ccc(S(=O)(=O)Nc2ccc3c(c2)S(=O)(=O)C=C3)cc1. The van der Waals surface area contributed by atoms with Crippen LogP contribution in [0.5, 0.6) is 0 Å². The van der Waals surface area contributed by atoms with Gasteiger partial charge in [-0.15, -0.1) is 0 Å². The van der Waals surface area contributed by atoms with Gasteiger partial charge in [0, 0.05) is 5.41 Å². The molecule has 0 amide bonds. The molecule has 0 radical (unpaired) electrons. The molecule has 3 rings (SSSR count). The second-order valence-electron chi connectivity index (χ2n) is 5.02. The number of hydrogen-bond acceptors (Lipinski definition) is 4. The number of fused-ring (bicyclic) bond motifs is 1. The fourth-order valence-electron chi connectivity index (χ4n) is 2.15. The molecular formula is C15H13NO4S2. The Morgan fingerprint density at radius 1 is 1.00 bits per heavy atom. The lowest BCUT2D eigenvalue weighted by molar-refractivity contribution is 0.600. The number of rotatable bonds is 3. The van der Waals surface area contributed by atoms with E-state index >= 15 is 0 Å². The number of anilines is 1. The van der Waals surface area contributed by atoms with Gasteiger partial charge in [-0.25, -0.2) is 16.8 Å². The van der Waals surface area contributed by atoms with Crippen LogP contribution in [0.25, 0.3) is 6.08 Å². The van der Waals surface area contributed by atoms with E-state index in [1.807, 2.05) is 6.92 Å². The van der Waals surface area contributed by atoms with Crippen molar-refractivity contribution in [3.05, 3.63) is 59.0 Å². The minimum atomic E-state index is -3.75. The highest BCUT2D eigenvalue weighted by atomic mass is 32.2. The fraction of sp³-hybridized carbons (Fsp3) is 0.0667. The Morgan fingerprint density at radius 3 is 2.36 bits per heavy atom. The number of nitrogens with one attached hydrogen (secondary N) is 1. The molecule has 1 aliphatic rings. The fourth-order valence-corrected chi connectivity index (χ4v) is 4.43. The lowest BCUT2D eigenvalue weighted by atomic mass is 10.2. The molecule has 0 bridgehead atoms. The molecule has 1 N–H and O–H groups in total. The van der Waals surface area contributed by atoms with E-state index in [0.29, 0.717) is 5.56 Å². The molecule has 0 fully saturated rings. The first-order valence-corrected chi connectivity index (χ1v) is 9.48. The Hall–Kier alpha value is -2.12. The van der Waals surface area contributed by atoms with Gasteiger partial charge in [0.1, 0.15) is 0 Å². The van der Waals surface area contributed by atoms with E-state index < -0.39 is 19.9 Å². The maximum Gasteiger partial charge on any atom is 0.261 e. The third-order valence-electron chi connectivity index (χ3n) is 3.33. The second kappa shape index (κ2) is 4.96. The highest BCUT2D eigenvalue weighted by Gasteiger charge is 2.22. The zero-order chi connectivity index (χ0) is 16.0. The molecule has 0 aromatic heterocycles. The van der Waals surface area contributed by atoms with E-state index in [1.165, 1.54) is 30.3 Å². The van der Waals surface area contributed by atoms with Gasteiger partial charge in [-0.1, -0.05) is 23.8 Å². The van der Waals surface area contributed by atoms with Crippen molar-refractivity contribution in [2.45, 2.75) is 16.7 Å². The molecule has 0 atom stereocenters. The maximum atomic E-state index is 12.3. The molecule has 7 heteroatoms. The number of sulfone groups is 1. The lowest BCUT2D eigenvalue weighted by Gasteiger charge is -2.09. The zero-order valence-corrected chi connectivity index (χ0v) is 13.3. The highest BCUT2D eigenvalue weighted by molar-refractivity contribution is 7.95. The van der Waals surface area contributed by atoms with Gasteiger partial charge in [0.2, 0.25) is 9.84 Å². The van der Waals surface area contributed by atoms with Gasteiger partial charge in [-0.3, -0.25) is 4.72 Å². The summed E-state index contributed by atoms with van der Waals surface area (Å²) in [7, 11) is -7.22.